The van der Waals surface area contributed by atoms with Crippen molar-refractivity contribution in [2.75, 3.05) is 0 Å². The summed E-state index contributed by atoms with van der Waals surface area (Å²) in [7, 11) is 0. The van der Waals surface area contributed by atoms with Crippen LogP contribution in [0.25, 0.3) is 16.6 Å². The molecular formula is C20H20N2O2S. The maximum Gasteiger partial charge on any atom is 0.244 e. The number of aromatic nitrogens is 1. The first kappa shape index (κ1) is 17.2. The largest absolute Gasteiger partial charge is 0.462 e. The Labute approximate surface area is 151 Å². The highest BCUT2D eigenvalue weighted by Gasteiger charge is 2.16. The van der Waals surface area contributed by atoms with Gasteiger partial charge in [0.25, 0.3) is 0 Å². The van der Waals surface area contributed by atoms with Gasteiger partial charge in [0, 0.05) is 11.6 Å². The van der Waals surface area contributed by atoms with Crippen LogP contribution >= 0.6 is 11.3 Å². The number of nitrogens with one attached hydrogen (secondary N) is 1. The molecule has 0 aliphatic rings. The molecule has 0 fully saturated rings. The average molecular weight is 352 g/mol. The van der Waals surface area contributed by atoms with E-state index in [1.807, 2.05) is 63.2 Å². The van der Waals surface area contributed by atoms with Gasteiger partial charge in [-0.05, 0) is 39.0 Å². The molecule has 3 rings (SSSR count). The van der Waals surface area contributed by atoms with E-state index in [0.29, 0.717) is 5.76 Å². The van der Waals surface area contributed by atoms with Crippen molar-refractivity contribution in [3.05, 3.63) is 70.6 Å². The number of hydrogen-bond donors (Lipinski definition) is 1. The maximum absolute atomic E-state index is 12.1. The quantitative estimate of drug-likeness (QED) is 0.664. The third kappa shape index (κ3) is 4.25. The summed E-state index contributed by atoms with van der Waals surface area (Å²) in [5.74, 6) is 1.33. The van der Waals surface area contributed by atoms with Gasteiger partial charge >= 0.3 is 0 Å². The molecule has 0 spiro atoms. The van der Waals surface area contributed by atoms with Crippen LogP contribution in [-0.2, 0) is 4.79 Å². The molecule has 128 valence electrons. The molecule has 2 heterocycles. The van der Waals surface area contributed by atoms with Crippen LogP contribution in [0.2, 0.25) is 0 Å². The molecule has 3 aromatic rings. The van der Waals surface area contributed by atoms with Crippen molar-refractivity contribution in [2.45, 2.75) is 26.8 Å². The topological polar surface area (TPSA) is 55.1 Å². The van der Waals surface area contributed by atoms with Crippen molar-refractivity contribution < 1.29 is 9.21 Å². The van der Waals surface area contributed by atoms with Gasteiger partial charge < -0.3 is 9.73 Å². The molecule has 1 unspecified atom stereocenters. The molecule has 0 aliphatic carbocycles. The zero-order chi connectivity index (χ0) is 17.8. The van der Waals surface area contributed by atoms with Gasteiger partial charge in [-0.15, -0.1) is 11.3 Å². The van der Waals surface area contributed by atoms with Crippen molar-refractivity contribution in [3.8, 4) is 10.6 Å². The van der Waals surface area contributed by atoms with E-state index in [4.69, 9.17) is 4.42 Å². The second-order valence-corrected chi connectivity index (χ2v) is 6.88. The molecule has 25 heavy (non-hydrogen) atoms. The SMILES string of the molecule is Cc1ccc(/C=C/C(=O)NC(C)c2sc(-c3ccccc3)nc2C)o1. The first-order valence-corrected chi connectivity index (χ1v) is 8.92. The number of hydrogen-bond acceptors (Lipinski definition) is 4. The standard InChI is InChI=1S/C20H20N2O2S/c1-13-9-10-17(24-13)11-12-18(23)21-14(2)19-15(3)22-20(25-19)16-7-5-4-6-8-16/h4-12,14H,1-3H3,(H,21,23)/b12-11+. The first-order chi connectivity index (χ1) is 12.0. The second-order valence-electron chi connectivity index (χ2n) is 5.85. The van der Waals surface area contributed by atoms with Crippen LogP contribution in [0.3, 0.4) is 0 Å². The lowest BCUT2D eigenvalue weighted by atomic mass is 10.2. The van der Waals surface area contributed by atoms with Crippen LogP contribution < -0.4 is 5.32 Å². The van der Waals surface area contributed by atoms with Gasteiger partial charge in [-0.1, -0.05) is 30.3 Å². The van der Waals surface area contributed by atoms with E-state index < -0.39 is 0 Å². The highest BCUT2D eigenvalue weighted by molar-refractivity contribution is 7.15. The third-order valence-electron chi connectivity index (χ3n) is 3.77. The minimum absolute atomic E-state index is 0.106. The summed E-state index contributed by atoms with van der Waals surface area (Å²) in [5.41, 5.74) is 2.04. The highest BCUT2D eigenvalue weighted by atomic mass is 32.1. The lowest BCUT2D eigenvalue weighted by molar-refractivity contribution is -0.117. The summed E-state index contributed by atoms with van der Waals surface area (Å²) in [5, 5.41) is 3.95. The average Bonchev–Trinajstić information content (AvgIpc) is 3.19. The van der Waals surface area contributed by atoms with Gasteiger partial charge in [0.2, 0.25) is 5.91 Å². The minimum atomic E-state index is -0.157. The summed E-state index contributed by atoms with van der Waals surface area (Å²) < 4.78 is 5.42. The van der Waals surface area contributed by atoms with E-state index in [2.05, 4.69) is 10.3 Å². The Balaban J connectivity index is 1.69. The number of nitrogens with zero attached hydrogens (tertiary/aromatic N) is 1. The summed E-state index contributed by atoms with van der Waals surface area (Å²) in [4.78, 5) is 17.8. The Morgan fingerprint density at radius 3 is 2.64 bits per heavy atom. The molecule has 1 aromatic carbocycles. The number of rotatable bonds is 5. The minimum Gasteiger partial charge on any atom is -0.462 e. The van der Waals surface area contributed by atoms with Crippen molar-refractivity contribution in [3.63, 3.8) is 0 Å². The maximum atomic E-state index is 12.1. The van der Waals surface area contributed by atoms with Gasteiger partial charge in [0.1, 0.15) is 16.5 Å². The van der Waals surface area contributed by atoms with E-state index in [9.17, 15) is 4.79 Å². The lowest BCUT2D eigenvalue weighted by Gasteiger charge is -2.10. The Hall–Kier alpha value is -2.66. The fourth-order valence-corrected chi connectivity index (χ4v) is 3.62. The molecule has 0 saturated carbocycles. The number of furan rings is 1. The van der Waals surface area contributed by atoms with E-state index in [1.165, 1.54) is 6.08 Å². The predicted molar refractivity (Wildman–Crippen MR) is 101 cm³/mol. The number of carbonyl (C=O) groups is 1. The third-order valence-corrected chi connectivity index (χ3v) is 5.15. The molecule has 1 amide bonds. The first-order valence-electron chi connectivity index (χ1n) is 8.10. The number of aryl methyl sites for hydroxylation is 2. The fourth-order valence-electron chi connectivity index (χ4n) is 2.54. The van der Waals surface area contributed by atoms with Crippen LogP contribution in [0.1, 0.15) is 35.1 Å². The molecule has 1 atom stereocenters. The summed E-state index contributed by atoms with van der Waals surface area (Å²) in [6, 6.07) is 13.7. The summed E-state index contributed by atoms with van der Waals surface area (Å²) in [6.07, 6.45) is 3.16. The monoisotopic (exact) mass is 352 g/mol. The van der Waals surface area contributed by atoms with Crippen LogP contribution in [-0.4, -0.2) is 10.9 Å². The molecule has 0 aliphatic heterocycles. The van der Waals surface area contributed by atoms with Gasteiger partial charge in [-0.3, -0.25) is 4.79 Å². The number of carbonyl (C=O) groups excluding carboxylic acids is 1. The predicted octanol–water partition coefficient (Wildman–Crippen LogP) is 4.91. The smallest absolute Gasteiger partial charge is 0.244 e. The van der Waals surface area contributed by atoms with E-state index in [0.717, 1.165) is 26.9 Å². The normalized spacial score (nSPS) is 12.4. The fraction of sp³-hybridized carbons (Fsp3) is 0.200. The van der Waals surface area contributed by atoms with Crippen LogP contribution in [0.15, 0.2) is 53.0 Å². The van der Waals surface area contributed by atoms with Gasteiger partial charge in [-0.25, -0.2) is 4.98 Å². The van der Waals surface area contributed by atoms with Gasteiger partial charge in [-0.2, -0.15) is 0 Å². The van der Waals surface area contributed by atoms with Crippen molar-refractivity contribution in [1.82, 2.24) is 10.3 Å². The number of benzene rings is 1. The molecular weight excluding hydrogens is 332 g/mol. The number of thiazole rings is 1. The van der Waals surface area contributed by atoms with Gasteiger partial charge in [0.15, 0.2) is 0 Å². The molecule has 1 N–H and O–H groups in total. The Kier molecular flexibility index (Phi) is 5.14. The Bertz CT molecular complexity index is 894. The van der Waals surface area contributed by atoms with Gasteiger partial charge in [0.05, 0.1) is 16.6 Å². The second kappa shape index (κ2) is 7.49. The summed E-state index contributed by atoms with van der Waals surface area (Å²) >= 11 is 1.61. The molecule has 0 saturated heterocycles. The van der Waals surface area contributed by atoms with Crippen LogP contribution in [0.5, 0.6) is 0 Å². The van der Waals surface area contributed by atoms with E-state index >= 15 is 0 Å². The van der Waals surface area contributed by atoms with Crippen molar-refractivity contribution >= 4 is 23.3 Å². The molecule has 0 bridgehead atoms. The highest BCUT2D eigenvalue weighted by Crippen LogP contribution is 2.31. The van der Waals surface area contributed by atoms with Crippen molar-refractivity contribution in [2.24, 2.45) is 0 Å². The van der Waals surface area contributed by atoms with Crippen molar-refractivity contribution in [1.29, 1.82) is 0 Å². The zero-order valence-corrected chi connectivity index (χ0v) is 15.3. The molecule has 0 radical (unpaired) electrons. The summed E-state index contributed by atoms with van der Waals surface area (Å²) in [6.45, 7) is 5.82. The van der Waals surface area contributed by atoms with Crippen LogP contribution in [0, 0.1) is 13.8 Å². The lowest BCUT2D eigenvalue weighted by Crippen LogP contribution is -2.24. The van der Waals surface area contributed by atoms with Crippen LogP contribution in [0.4, 0.5) is 0 Å². The Morgan fingerprint density at radius 2 is 1.96 bits per heavy atom. The Morgan fingerprint density at radius 1 is 1.20 bits per heavy atom. The van der Waals surface area contributed by atoms with E-state index in [-0.39, 0.29) is 11.9 Å². The van der Waals surface area contributed by atoms with E-state index in [1.54, 1.807) is 17.4 Å². The molecule has 4 nitrogen and oxygen atoms in total. The molecule has 5 heteroatoms. The number of amides is 1. The zero-order valence-electron chi connectivity index (χ0n) is 14.4. The molecule has 2 aromatic heterocycles.